The molecule has 156 valence electrons. The number of H-pyrrole nitrogens is 1. The van der Waals surface area contributed by atoms with Crippen LogP contribution in [-0.4, -0.2) is 33.1 Å². The van der Waals surface area contributed by atoms with Gasteiger partial charge in [0.2, 0.25) is 5.78 Å². The molecule has 0 saturated heterocycles. The third-order valence-corrected chi connectivity index (χ3v) is 5.02. The number of carbonyl (C=O) groups excluding carboxylic acids is 2. The molecular formula is C23H18FN3O4. The molecule has 31 heavy (non-hydrogen) atoms. The summed E-state index contributed by atoms with van der Waals surface area (Å²) in [5, 5.41) is 6.68. The number of nitrogens with zero attached hydrogens (tertiary/aromatic N) is 2. The monoisotopic (exact) mass is 419 g/mol. The van der Waals surface area contributed by atoms with Crippen molar-refractivity contribution in [3.05, 3.63) is 93.4 Å². The Hall–Kier alpha value is -4.07. The number of hydrogen-bond acceptors (Lipinski definition) is 5. The number of carbonyl (C=O) groups is 2. The summed E-state index contributed by atoms with van der Waals surface area (Å²) in [5.41, 5.74) is 1.81. The molecule has 0 aliphatic heterocycles. The van der Waals surface area contributed by atoms with Crippen molar-refractivity contribution in [3.63, 3.8) is 0 Å². The molecule has 0 fully saturated rings. The Morgan fingerprint density at radius 3 is 2.55 bits per heavy atom. The van der Waals surface area contributed by atoms with Crippen LogP contribution in [0.1, 0.15) is 32.2 Å². The highest BCUT2D eigenvalue weighted by Crippen LogP contribution is 2.22. The summed E-state index contributed by atoms with van der Waals surface area (Å²) in [6.45, 7) is 3.04. The number of fused-ring (bicyclic) bond motifs is 1. The average molecular weight is 419 g/mol. The highest BCUT2D eigenvalue weighted by Gasteiger charge is 2.21. The van der Waals surface area contributed by atoms with E-state index in [0.717, 1.165) is 5.69 Å². The quantitative estimate of drug-likeness (QED) is 0.395. The average Bonchev–Trinajstić information content (AvgIpc) is 3.06. The molecule has 4 rings (SSSR count). The lowest BCUT2D eigenvalue weighted by Crippen LogP contribution is -2.19. The van der Waals surface area contributed by atoms with Crippen LogP contribution in [0.4, 0.5) is 4.39 Å². The maximum atomic E-state index is 13.6. The van der Waals surface area contributed by atoms with Gasteiger partial charge < -0.3 is 9.30 Å². The fourth-order valence-electron chi connectivity index (χ4n) is 3.61. The van der Waals surface area contributed by atoms with Crippen LogP contribution in [0.3, 0.4) is 0 Å². The van der Waals surface area contributed by atoms with Crippen LogP contribution in [0.5, 0.6) is 0 Å². The summed E-state index contributed by atoms with van der Waals surface area (Å²) in [5.74, 6) is -1.61. The lowest BCUT2D eigenvalue weighted by atomic mass is 10.1. The zero-order chi connectivity index (χ0) is 22.1. The first-order valence-corrected chi connectivity index (χ1v) is 9.49. The van der Waals surface area contributed by atoms with Gasteiger partial charge in [0.05, 0.1) is 5.39 Å². The minimum Gasteiger partial charge on any atom is -0.452 e. The molecule has 0 atom stereocenters. The van der Waals surface area contributed by atoms with E-state index in [9.17, 15) is 18.8 Å². The fourth-order valence-corrected chi connectivity index (χ4v) is 3.61. The minimum atomic E-state index is -0.820. The topological polar surface area (TPSA) is 94.1 Å². The van der Waals surface area contributed by atoms with E-state index >= 15 is 0 Å². The fraction of sp³-hybridized carbons (Fsp3) is 0.130. The van der Waals surface area contributed by atoms with Crippen molar-refractivity contribution in [3.8, 4) is 5.69 Å². The standard InChI is InChI=1S/C23H18FN3O4/c1-13-10-19(14(2)27(13)16-7-5-6-15(24)11-16)20(28)12-31-23(30)21-17-8-3-4-9-18(17)22(29)26-25-21/h3-11H,12H2,1-2H3,(H,26,29). The largest absolute Gasteiger partial charge is 0.452 e. The molecule has 0 aliphatic carbocycles. The van der Waals surface area contributed by atoms with E-state index < -0.39 is 23.9 Å². The van der Waals surface area contributed by atoms with Crippen molar-refractivity contribution in [1.29, 1.82) is 0 Å². The van der Waals surface area contributed by atoms with E-state index in [1.54, 1.807) is 60.9 Å². The molecule has 2 aromatic heterocycles. The van der Waals surface area contributed by atoms with Gasteiger partial charge in [-0.15, -0.1) is 0 Å². The van der Waals surface area contributed by atoms with E-state index in [-0.39, 0.29) is 11.5 Å². The van der Waals surface area contributed by atoms with Gasteiger partial charge in [0, 0.05) is 28.0 Å². The summed E-state index contributed by atoms with van der Waals surface area (Å²) in [6, 6.07) is 14.2. The van der Waals surface area contributed by atoms with Crippen molar-refractivity contribution in [2.75, 3.05) is 6.61 Å². The Morgan fingerprint density at radius 1 is 1.06 bits per heavy atom. The molecule has 2 heterocycles. The van der Waals surface area contributed by atoms with Crippen LogP contribution in [-0.2, 0) is 4.74 Å². The van der Waals surface area contributed by atoms with Crippen LogP contribution in [0.25, 0.3) is 16.5 Å². The van der Waals surface area contributed by atoms with E-state index in [2.05, 4.69) is 10.2 Å². The molecule has 4 aromatic rings. The number of hydrogen-bond donors (Lipinski definition) is 1. The molecule has 8 heteroatoms. The summed E-state index contributed by atoms with van der Waals surface area (Å²) in [4.78, 5) is 37.1. The second kappa shape index (κ2) is 7.98. The van der Waals surface area contributed by atoms with Crippen LogP contribution in [0.2, 0.25) is 0 Å². The lowest BCUT2D eigenvalue weighted by molar-refractivity contribution is 0.0469. The Kier molecular flexibility index (Phi) is 5.21. The summed E-state index contributed by atoms with van der Waals surface area (Å²) >= 11 is 0. The highest BCUT2D eigenvalue weighted by molar-refractivity contribution is 6.04. The Labute approximate surface area is 176 Å². The maximum absolute atomic E-state index is 13.6. The van der Waals surface area contributed by atoms with Crippen LogP contribution in [0.15, 0.2) is 59.4 Å². The first-order valence-electron chi connectivity index (χ1n) is 9.49. The number of aromatic amines is 1. The van der Waals surface area contributed by atoms with Crippen molar-refractivity contribution in [1.82, 2.24) is 14.8 Å². The molecule has 0 saturated carbocycles. The zero-order valence-electron chi connectivity index (χ0n) is 16.8. The molecule has 0 amide bonds. The van der Waals surface area contributed by atoms with E-state index in [4.69, 9.17) is 4.74 Å². The van der Waals surface area contributed by atoms with Gasteiger partial charge in [-0.25, -0.2) is 14.3 Å². The predicted octanol–water partition coefficient (Wildman–Crippen LogP) is 3.51. The van der Waals surface area contributed by atoms with Gasteiger partial charge in [-0.3, -0.25) is 9.59 Å². The first-order chi connectivity index (χ1) is 14.9. The van der Waals surface area contributed by atoms with Crippen molar-refractivity contribution in [2.45, 2.75) is 13.8 Å². The number of ketones is 1. The Bertz CT molecular complexity index is 1390. The second-order valence-electron chi connectivity index (χ2n) is 7.05. The van der Waals surface area contributed by atoms with E-state index in [1.807, 2.05) is 0 Å². The molecule has 1 N–H and O–H groups in total. The Morgan fingerprint density at radius 2 is 1.81 bits per heavy atom. The van der Waals surface area contributed by atoms with Gasteiger partial charge in [-0.1, -0.05) is 24.3 Å². The SMILES string of the molecule is Cc1cc(C(=O)COC(=O)c2n[nH]c(=O)c3ccccc23)c(C)n1-c1cccc(F)c1. The number of halogens is 1. The summed E-state index contributed by atoms with van der Waals surface area (Å²) in [7, 11) is 0. The van der Waals surface area contributed by atoms with Gasteiger partial charge >= 0.3 is 5.97 Å². The maximum Gasteiger partial charge on any atom is 0.359 e. The van der Waals surface area contributed by atoms with Gasteiger partial charge in [0.1, 0.15) is 5.82 Å². The van der Waals surface area contributed by atoms with Crippen molar-refractivity contribution < 1.29 is 18.7 Å². The second-order valence-corrected chi connectivity index (χ2v) is 7.05. The molecule has 0 spiro atoms. The lowest BCUT2D eigenvalue weighted by Gasteiger charge is -2.10. The molecule has 0 radical (unpaired) electrons. The molecular weight excluding hydrogens is 401 g/mol. The molecule has 0 aliphatic rings. The normalized spacial score (nSPS) is 10.9. The number of benzene rings is 2. The van der Waals surface area contributed by atoms with Crippen LogP contribution < -0.4 is 5.56 Å². The van der Waals surface area contributed by atoms with Crippen molar-refractivity contribution >= 4 is 22.5 Å². The van der Waals surface area contributed by atoms with Gasteiger partial charge in [0.25, 0.3) is 5.56 Å². The van der Waals surface area contributed by atoms with Gasteiger partial charge in [-0.2, -0.15) is 5.10 Å². The van der Waals surface area contributed by atoms with Crippen molar-refractivity contribution in [2.24, 2.45) is 0 Å². The number of rotatable bonds is 5. The smallest absolute Gasteiger partial charge is 0.359 e. The number of esters is 1. The Balaban J connectivity index is 1.56. The third kappa shape index (κ3) is 3.75. The third-order valence-electron chi connectivity index (χ3n) is 5.02. The number of nitrogens with one attached hydrogen (secondary N) is 1. The molecule has 7 nitrogen and oxygen atoms in total. The predicted molar refractivity (Wildman–Crippen MR) is 112 cm³/mol. The summed E-state index contributed by atoms with van der Waals surface area (Å²) in [6.07, 6.45) is 0. The van der Waals surface area contributed by atoms with E-state index in [1.165, 1.54) is 12.1 Å². The number of aromatic nitrogens is 3. The zero-order valence-corrected chi connectivity index (χ0v) is 16.8. The number of aryl methyl sites for hydroxylation is 1. The van der Waals surface area contributed by atoms with Gasteiger partial charge in [0.15, 0.2) is 12.3 Å². The summed E-state index contributed by atoms with van der Waals surface area (Å²) < 4.78 is 20.6. The molecule has 0 unspecified atom stereocenters. The highest BCUT2D eigenvalue weighted by atomic mass is 19.1. The molecule has 0 bridgehead atoms. The first kappa shape index (κ1) is 20.2. The number of ether oxygens (including phenoxy) is 1. The van der Waals surface area contributed by atoms with E-state index in [0.29, 0.717) is 27.7 Å². The van der Waals surface area contributed by atoms with Gasteiger partial charge in [-0.05, 0) is 44.2 Å². The van der Waals surface area contributed by atoms with Crippen LogP contribution in [0, 0.1) is 19.7 Å². The number of Topliss-reactive ketones (excluding diaryl/α,β-unsaturated/α-hetero) is 1. The minimum absolute atomic E-state index is 0.0757. The van der Waals surface area contributed by atoms with Crippen LogP contribution >= 0.6 is 0 Å². The molecule has 2 aromatic carbocycles.